The number of hydrogen-bond donors (Lipinski definition) is 2. The fourth-order valence-electron chi connectivity index (χ4n) is 4.64. The summed E-state index contributed by atoms with van der Waals surface area (Å²) < 4.78 is 38.6. The first-order valence-electron chi connectivity index (χ1n) is 10.3. The number of carbonyl (C=O) groups excluding carboxylic acids is 1. The summed E-state index contributed by atoms with van der Waals surface area (Å²) in [4.78, 5) is 15.9. The van der Waals surface area contributed by atoms with E-state index >= 15 is 0 Å². The Morgan fingerprint density at radius 3 is 2.47 bits per heavy atom. The lowest BCUT2D eigenvalue weighted by Gasteiger charge is -2.41. The third kappa shape index (κ3) is 3.96. The molecule has 0 spiro atoms. The number of nitrogens with one attached hydrogen (secondary N) is 1. The second-order valence-electron chi connectivity index (χ2n) is 8.16. The molecule has 1 unspecified atom stereocenters. The van der Waals surface area contributed by atoms with Gasteiger partial charge in [0.15, 0.2) is 5.78 Å². The van der Waals surface area contributed by atoms with Gasteiger partial charge in [0.2, 0.25) is 0 Å². The molecule has 0 amide bonds. The van der Waals surface area contributed by atoms with Crippen LogP contribution in [0.25, 0.3) is 0 Å². The van der Waals surface area contributed by atoms with Crippen molar-refractivity contribution in [2.75, 3.05) is 26.2 Å². The largest absolute Gasteiger partial charge is 0.508 e. The van der Waals surface area contributed by atoms with Crippen molar-refractivity contribution in [3.8, 4) is 5.75 Å². The van der Waals surface area contributed by atoms with Gasteiger partial charge in [-0.15, -0.1) is 0 Å². The molecule has 0 aliphatic carbocycles. The molecule has 1 fully saturated rings. The second kappa shape index (κ2) is 8.04. The zero-order valence-corrected chi connectivity index (χ0v) is 16.6. The maximum atomic E-state index is 13.6. The van der Waals surface area contributed by atoms with Gasteiger partial charge in [0.1, 0.15) is 11.3 Å². The minimum absolute atomic E-state index is 0.0219. The average molecular weight is 418 g/mol. The summed E-state index contributed by atoms with van der Waals surface area (Å²) in [5.41, 5.74) is 0.382. The Bertz CT molecular complexity index is 921. The normalized spacial score (nSPS) is 22.1. The Morgan fingerprint density at radius 2 is 1.80 bits per heavy atom. The molecule has 0 aromatic heterocycles. The SMILES string of the molecule is O=C(Cc1ccc(C(F)(F)F)cc1)C1(CN2CCCC2)NCCc2c(O)cccc21. The van der Waals surface area contributed by atoms with Crippen LogP contribution in [-0.2, 0) is 29.4 Å². The molecule has 0 saturated carbocycles. The van der Waals surface area contributed by atoms with Gasteiger partial charge in [-0.05, 0) is 61.7 Å². The second-order valence-corrected chi connectivity index (χ2v) is 8.16. The quantitative estimate of drug-likeness (QED) is 0.778. The van der Waals surface area contributed by atoms with Crippen LogP contribution < -0.4 is 5.32 Å². The monoisotopic (exact) mass is 418 g/mol. The van der Waals surface area contributed by atoms with Crippen LogP contribution >= 0.6 is 0 Å². The molecule has 2 heterocycles. The number of carbonyl (C=O) groups is 1. The maximum Gasteiger partial charge on any atom is 0.416 e. The van der Waals surface area contributed by atoms with Gasteiger partial charge in [0.25, 0.3) is 0 Å². The molecule has 1 atom stereocenters. The molecule has 0 radical (unpaired) electrons. The number of phenols is 1. The minimum atomic E-state index is -4.40. The van der Waals surface area contributed by atoms with Crippen LogP contribution in [0.2, 0.25) is 0 Å². The van der Waals surface area contributed by atoms with Crippen molar-refractivity contribution in [1.29, 1.82) is 0 Å². The highest BCUT2D eigenvalue weighted by atomic mass is 19.4. The number of Topliss-reactive ketones (excluding diaryl/α,β-unsaturated/α-hetero) is 1. The lowest BCUT2D eigenvalue weighted by molar-refractivity contribution is -0.137. The average Bonchev–Trinajstić information content (AvgIpc) is 3.21. The van der Waals surface area contributed by atoms with Crippen LogP contribution in [0.3, 0.4) is 0 Å². The molecule has 4 rings (SSSR count). The summed E-state index contributed by atoms with van der Waals surface area (Å²) >= 11 is 0. The Hall–Kier alpha value is -2.38. The first-order valence-corrected chi connectivity index (χ1v) is 10.3. The summed E-state index contributed by atoms with van der Waals surface area (Å²) in [6, 6.07) is 10.0. The standard InChI is InChI=1S/C23H25F3N2O2/c24-23(25,26)17-8-6-16(7-9-17)14-21(30)22(15-28-12-1-2-13-28)19-4-3-5-20(29)18(19)10-11-27-22/h3-9,27,29H,1-2,10-15H2. The summed E-state index contributed by atoms with van der Waals surface area (Å²) in [6.07, 6.45) is -1.60. The van der Waals surface area contributed by atoms with Gasteiger partial charge < -0.3 is 10.0 Å². The lowest BCUT2D eigenvalue weighted by atomic mass is 9.76. The molecular formula is C23H25F3N2O2. The molecule has 30 heavy (non-hydrogen) atoms. The van der Waals surface area contributed by atoms with Crippen LogP contribution in [0.4, 0.5) is 13.2 Å². The van der Waals surface area contributed by atoms with Crippen molar-refractivity contribution in [3.63, 3.8) is 0 Å². The van der Waals surface area contributed by atoms with Crippen LogP contribution in [0.1, 0.15) is 35.1 Å². The number of fused-ring (bicyclic) bond motifs is 1. The molecule has 2 N–H and O–H groups in total. The van der Waals surface area contributed by atoms with E-state index in [1.165, 1.54) is 12.1 Å². The summed E-state index contributed by atoms with van der Waals surface area (Å²) in [5.74, 6) is 0.0860. The van der Waals surface area contributed by atoms with Crippen LogP contribution in [0, 0.1) is 0 Å². The first-order chi connectivity index (χ1) is 14.3. The minimum Gasteiger partial charge on any atom is -0.508 e. The van der Waals surface area contributed by atoms with Crippen LogP contribution in [-0.4, -0.2) is 42.0 Å². The summed E-state index contributed by atoms with van der Waals surface area (Å²) in [5, 5.41) is 13.8. The Balaban J connectivity index is 1.67. The molecule has 2 aliphatic rings. The molecule has 2 aromatic rings. The Labute approximate surface area is 173 Å². The van der Waals surface area contributed by atoms with Gasteiger partial charge in [-0.3, -0.25) is 10.1 Å². The highest BCUT2D eigenvalue weighted by Gasteiger charge is 2.45. The summed E-state index contributed by atoms with van der Waals surface area (Å²) in [7, 11) is 0. The number of rotatable bonds is 5. The van der Waals surface area contributed by atoms with Gasteiger partial charge in [0, 0.05) is 25.1 Å². The molecule has 7 heteroatoms. The van der Waals surface area contributed by atoms with Crippen molar-refractivity contribution in [3.05, 3.63) is 64.7 Å². The number of alkyl halides is 3. The molecule has 2 aliphatic heterocycles. The summed E-state index contributed by atoms with van der Waals surface area (Å²) in [6.45, 7) is 2.86. The van der Waals surface area contributed by atoms with Gasteiger partial charge in [-0.2, -0.15) is 13.2 Å². The zero-order valence-electron chi connectivity index (χ0n) is 16.6. The van der Waals surface area contributed by atoms with E-state index in [0.29, 0.717) is 25.1 Å². The van der Waals surface area contributed by atoms with E-state index in [0.717, 1.165) is 49.2 Å². The molecule has 160 valence electrons. The molecule has 2 aromatic carbocycles. The topological polar surface area (TPSA) is 52.6 Å². The van der Waals surface area contributed by atoms with E-state index in [4.69, 9.17) is 0 Å². The van der Waals surface area contributed by atoms with Gasteiger partial charge in [0.05, 0.1) is 5.56 Å². The van der Waals surface area contributed by atoms with E-state index in [2.05, 4.69) is 10.2 Å². The van der Waals surface area contributed by atoms with E-state index in [9.17, 15) is 23.1 Å². The molecule has 1 saturated heterocycles. The number of phenolic OH excluding ortho intramolecular Hbond substituents is 1. The maximum absolute atomic E-state index is 13.6. The number of nitrogens with zero attached hydrogens (tertiary/aromatic N) is 1. The predicted molar refractivity (Wildman–Crippen MR) is 107 cm³/mol. The zero-order chi connectivity index (χ0) is 21.4. The van der Waals surface area contributed by atoms with E-state index in [-0.39, 0.29) is 18.0 Å². The number of aromatic hydroxyl groups is 1. The smallest absolute Gasteiger partial charge is 0.416 e. The number of hydrogen-bond acceptors (Lipinski definition) is 4. The van der Waals surface area contributed by atoms with Gasteiger partial charge in [-0.25, -0.2) is 0 Å². The first kappa shape index (κ1) is 20.9. The van der Waals surface area contributed by atoms with E-state index in [1.807, 2.05) is 6.07 Å². The highest BCUT2D eigenvalue weighted by molar-refractivity contribution is 5.92. The van der Waals surface area contributed by atoms with Crippen molar-refractivity contribution in [2.24, 2.45) is 0 Å². The Morgan fingerprint density at radius 1 is 1.10 bits per heavy atom. The fourth-order valence-corrected chi connectivity index (χ4v) is 4.64. The molecule has 0 bridgehead atoms. The van der Waals surface area contributed by atoms with Crippen molar-refractivity contribution >= 4 is 5.78 Å². The number of halogens is 3. The number of likely N-dealkylation sites (tertiary alicyclic amines) is 1. The van der Waals surface area contributed by atoms with Crippen LogP contribution in [0.5, 0.6) is 5.75 Å². The fraction of sp³-hybridized carbons (Fsp3) is 0.435. The number of ketones is 1. The van der Waals surface area contributed by atoms with Crippen molar-refractivity contribution in [2.45, 2.75) is 37.4 Å². The number of benzene rings is 2. The third-order valence-electron chi connectivity index (χ3n) is 6.19. The highest BCUT2D eigenvalue weighted by Crippen LogP contribution is 2.37. The Kier molecular flexibility index (Phi) is 5.59. The van der Waals surface area contributed by atoms with Gasteiger partial charge >= 0.3 is 6.18 Å². The van der Waals surface area contributed by atoms with Crippen molar-refractivity contribution < 1.29 is 23.1 Å². The van der Waals surface area contributed by atoms with Crippen molar-refractivity contribution in [1.82, 2.24) is 10.2 Å². The molecular weight excluding hydrogens is 393 g/mol. The third-order valence-corrected chi connectivity index (χ3v) is 6.19. The van der Waals surface area contributed by atoms with E-state index in [1.54, 1.807) is 12.1 Å². The van der Waals surface area contributed by atoms with E-state index < -0.39 is 17.3 Å². The van der Waals surface area contributed by atoms with Crippen LogP contribution in [0.15, 0.2) is 42.5 Å². The lowest BCUT2D eigenvalue weighted by Crippen LogP contribution is -2.59. The predicted octanol–water partition coefficient (Wildman–Crippen LogP) is 3.66. The molecule has 4 nitrogen and oxygen atoms in total. The van der Waals surface area contributed by atoms with Gasteiger partial charge in [-0.1, -0.05) is 24.3 Å².